The van der Waals surface area contributed by atoms with Crippen molar-refractivity contribution in [2.75, 3.05) is 11.9 Å². The van der Waals surface area contributed by atoms with Crippen molar-refractivity contribution in [1.82, 2.24) is 5.32 Å². The summed E-state index contributed by atoms with van der Waals surface area (Å²) in [6, 6.07) is 3.47. The lowest BCUT2D eigenvalue weighted by molar-refractivity contribution is -0.120. The zero-order valence-corrected chi connectivity index (χ0v) is 12.7. The third kappa shape index (κ3) is 3.76. The Kier molecular flexibility index (Phi) is 4.96. The van der Waals surface area contributed by atoms with Gasteiger partial charge in [0.05, 0.1) is 20.8 Å². The third-order valence-electron chi connectivity index (χ3n) is 3.26. The molecule has 6 heteroatoms. The summed E-state index contributed by atoms with van der Waals surface area (Å²) in [5.74, 6) is -0.0181. The van der Waals surface area contributed by atoms with Gasteiger partial charge < -0.3 is 10.6 Å². The van der Waals surface area contributed by atoms with E-state index in [1.807, 2.05) is 0 Å². The number of nitrogens with one attached hydrogen (secondary N) is 2. The highest BCUT2D eigenvalue weighted by Crippen LogP contribution is 2.32. The van der Waals surface area contributed by atoms with Crippen LogP contribution in [0.15, 0.2) is 12.1 Å². The number of piperidine rings is 1. The van der Waals surface area contributed by atoms with Gasteiger partial charge in [0.25, 0.3) is 0 Å². The van der Waals surface area contributed by atoms with E-state index in [0.717, 1.165) is 19.4 Å². The van der Waals surface area contributed by atoms with Gasteiger partial charge in [0.15, 0.2) is 0 Å². The van der Waals surface area contributed by atoms with Crippen LogP contribution in [0, 0.1) is 5.92 Å². The summed E-state index contributed by atoms with van der Waals surface area (Å²) in [4.78, 5) is 12.2. The number of amides is 1. The van der Waals surface area contributed by atoms with Gasteiger partial charge in [-0.15, -0.1) is 0 Å². The number of hydrogen-bond acceptors (Lipinski definition) is 2. The van der Waals surface area contributed by atoms with E-state index in [0.29, 0.717) is 26.8 Å². The molecule has 0 saturated carbocycles. The maximum Gasteiger partial charge on any atom is 0.227 e. The number of carbonyl (C=O) groups is 1. The Morgan fingerprint density at radius 1 is 1.26 bits per heavy atom. The molecule has 1 fully saturated rings. The minimum absolute atomic E-state index is 0.00164. The fourth-order valence-corrected chi connectivity index (χ4v) is 2.82. The molecule has 2 atom stereocenters. The predicted octanol–water partition coefficient (Wildman–Crippen LogP) is 3.97. The maximum absolute atomic E-state index is 12.2. The largest absolute Gasteiger partial charge is 0.324 e. The first-order valence-electron chi connectivity index (χ1n) is 6.16. The average molecular weight is 322 g/mol. The number of halogens is 3. The van der Waals surface area contributed by atoms with E-state index in [-0.39, 0.29) is 11.8 Å². The highest BCUT2D eigenvalue weighted by Gasteiger charge is 2.25. The van der Waals surface area contributed by atoms with Gasteiger partial charge in [-0.3, -0.25) is 4.79 Å². The molecule has 1 amide bonds. The fraction of sp³-hybridized carbons (Fsp3) is 0.462. The molecule has 2 unspecified atom stereocenters. The molecule has 1 aromatic rings. The lowest BCUT2D eigenvalue weighted by Gasteiger charge is -2.27. The van der Waals surface area contributed by atoms with Gasteiger partial charge >= 0.3 is 0 Å². The van der Waals surface area contributed by atoms with Crippen molar-refractivity contribution in [2.45, 2.75) is 25.8 Å². The van der Waals surface area contributed by atoms with Crippen LogP contribution in [0.4, 0.5) is 5.69 Å². The molecule has 104 valence electrons. The Bertz CT molecular complexity index is 493. The quantitative estimate of drug-likeness (QED) is 0.809. The molecule has 0 spiro atoms. The number of rotatable bonds is 2. The van der Waals surface area contributed by atoms with Crippen molar-refractivity contribution in [2.24, 2.45) is 5.92 Å². The minimum atomic E-state index is -0.0198. The van der Waals surface area contributed by atoms with E-state index in [9.17, 15) is 4.79 Å². The van der Waals surface area contributed by atoms with Crippen LogP contribution in [-0.4, -0.2) is 18.5 Å². The second-order valence-electron chi connectivity index (χ2n) is 4.81. The Morgan fingerprint density at radius 3 is 2.63 bits per heavy atom. The molecule has 1 aliphatic rings. The second-order valence-corrected chi connectivity index (χ2v) is 6.03. The summed E-state index contributed by atoms with van der Waals surface area (Å²) in [5.41, 5.74) is 0.507. The number of carbonyl (C=O) groups excluding carboxylic acids is 1. The third-order valence-corrected chi connectivity index (χ3v) is 4.30. The van der Waals surface area contributed by atoms with Crippen LogP contribution in [0.3, 0.4) is 0 Å². The molecule has 1 saturated heterocycles. The smallest absolute Gasteiger partial charge is 0.227 e. The van der Waals surface area contributed by atoms with E-state index in [4.69, 9.17) is 34.8 Å². The molecule has 1 aromatic carbocycles. The molecule has 2 rings (SSSR count). The molecule has 1 heterocycles. The first-order chi connectivity index (χ1) is 8.97. The Hall–Kier alpha value is -0.480. The van der Waals surface area contributed by atoms with Gasteiger partial charge in [0, 0.05) is 12.0 Å². The van der Waals surface area contributed by atoms with Crippen molar-refractivity contribution < 1.29 is 4.79 Å². The highest BCUT2D eigenvalue weighted by molar-refractivity contribution is 6.44. The van der Waals surface area contributed by atoms with Gasteiger partial charge in [0.2, 0.25) is 5.91 Å². The van der Waals surface area contributed by atoms with Crippen molar-refractivity contribution >= 4 is 46.4 Å². The Labute approximate surface area is 127 Å². The van der Waals surface area contributed by atoms with Gasteiger partial charge in [-0.25, -0.2) is 0 Å². The van der Waals surface area contributed by atoms with Gasteiger partial charge in [0.1, 0.15) is 0 Å². The standard InChI is InChI=1S/C13H15Cl3N2O/c1-7-4-8(2-3-17-7)13(19)18-12-6-10(15)9(14)5-11(12)16/h5-8,17H,2-4H2,1H3,(H,18,19). The molecule has 0 radical (unpaired) electrons. The van der Waals surface area contributed by atoms with E-state index < -0.39 is 0 Å². The molecule has 19 heavy (non-hydrogen) atoms. The van der Waals surface area contributed by atoms with Crippen molar-refractivity contribution in [3.63, 3.8) is 0 Å². The SMILES string of the molecule is CC1CC(C(=O)Nc2cc(Cl)c(Cl)cc2Cl)CCN1. The van der Waals surface area contributed by atoms with Crippen molar-refractivity contribution in [3.05, 3.63) is 27.2 Å². The molecule has 0 bridgehead atoms. The first-order valence-corrected chi connectivity index (χ1v) is 7.29. The molecule has 0 aliphatic carbocycles. The zero-order valence-electron chi connectivity index (χ0n) is 10.5. The van der Waals surface area contributed by atoms with Crippen molar-refractivity contribution in [3.8, 4) is 0 Å². The van der Waals surface area contributed by atoms with Crippen LogP contribution in [0.25, 0.3) is 0 Å². The summed E-state index contributed by atoms with van der Waals surface area (Å²) in [6.07, 6.45) is 1.65. The van der Waals surface area contributed by atoms with Crippen molar-refractivity contribution in [1.29, 1.82) is 0 Å². The van der Waals surface area contributed by atoms with E-state index in [1.165, 1.54) is 6.07 Å². The molecule has 1 aliphatic heterocycles. The van der Waals surface area contributed by atoms with Crippen LogP contribution in [-0.2, 0) is 4.79 Å². The second kappa shape index (κ2) is 6.31. The van der Waals surface area contributed by atoms with E-state index in [2.05, 4.69) is 17.6 Å². The van der Waals surface area contributed by atoms with Crippen LogP contribution in [0.5, 0.6) is 0 Å². The average Bonchev–Trinajstić information content (AvgIpc) is 2.36. The summed E-state index contributed by atoms with van der Waals surface area (Å²) >= 11 is 17.8. The number of anilines is 1. The lowest BCUT2D eigenvalue weighted by atomic mass is 9.92. The number of benzene rings is 1. The Balaban J connectivity index is 2.08. The molecular formula is C13H15Cl3N2O. The fourth-order valence-electron chi connectivity index (χ4n) is 2.22. The van der Waals surface area contributed by atoms with Gasteiger partial charge in [-0.2, -0.15) is 0 Å². The predicted molar refractivity (Wildman–Crippen MR) is 80.3 cm³/mol. The lowest BCUT2D eigenvalue weighted by Crippen LogP contribution is -2.40. The van der Waals surface area contributed by atoms with E-state index >= 15 is 0 Å². The number of hydrogen-bond donors (Lipinski definition) is 2. The summed E-state index contributed by atoms with van der Waals surface area (Å²) in [6.45, 7) is 2.93. The highest BCUT2D eigenvalue weighted by atomic mass is 35.5. The topological polar surface area (TPSA) is 41.1 Å². The van der Waals surface area contributed by atoms with Crippen LogP contribution in [0.1, 0.15) is 19.8 Å². The summed E-state index contributed by atoms with van der Waals surface area (Å²) in [5, 5.41) is 7.28. The maximum atomic E-state index is 12.2. The zero-order chi connectivity index (χ0) is 14.0. The monoisotopic (exact) mass is 320 g/mol. The molecule has 3 nitrogen and oxygen atoms in total. The van der Waals surface area contributed by atoms with E-state index in [1.54, 1.807) is 6.07 Å². The van der Waals surface area contributed by atoms with Gasteiger partial charge in [-0.1, -0.05) is 34.8 Å². The van der Waals surface area contributed by atoms with Crippen LogP contribution < -0.4 is 10.6 Å². The van der Waals surface area contributed by atoms with Crippen LogP contribution >= 0.6 is 34.8 Å². The molecule has 0 aromatic heterocycles. The summed E-state index contributed by atoms with van der Waals surface area (Å²) < 4.78 is 0. The molecule has 2 N–H and O–H groups in total. The summed E-state index contributed by atoms with van der Waals surface area (Å²) in [7, 11) is 0. The van der Waals surface area contributed by atoms with Gasteiger partial charge in [-0.05, 0) is 38.4 Å². The first kappa shape index (κ1) is 14.9. The van der Waals surface area contributed by atoms with Crippen LogP contribution in [0.2, 0.25) is 15.1 Å². The Morgan fingerprint density at radius 2 is 1.95 bits per heavy atom. The molecular weight excluding hydrogens is 307 g/mol. The normalized spacial score (nSPS) is 23.2. The minimum Gasteiger partial charge on any atom is -0.324 e.